The van der Waals surface area contributed by atoms with Gasteiger partial charge in [0.1, 0.15) is 10.1 Å². The first-order valence-electron chi connectivity index (χ1n) is 9.15. The summed E-state index contributed by atoms with van der Waals surface area (Å²) in [5.41, 5.74) is 7.98. The van der Waals surface area contributed by atoms with Crippen LogP contribution >= 0.6 is 24.0 Å². The van der Waals surface area contributed by atoms with E-state index in [1.165, 1.54) is 12.0 Å². The Hall–Kier alpha value is -1.93. The van der Waals surface area contributed by atoms with E-state index in [0.717, 1.165) is 23.1 Å². The molecule has 1 aromatic heterocycles. The molecular weight excluding hydrogens is 376 g/mol. The summed E-state index contributed by atoms with van der Waals surface area (Å²) in [5.74, 6) is 3.21. The Labute approximate surface area is 170 Å². The van der Waals surface area contributed by atoms with Gasteiger partial charge < -0.3 is 16.0 Å². The molecule has 0 bridgehead atoms. The first-order valence-corrected chi connectivity index (χ1v) is 10.5. The Kier molecular flexibility index (Phi) is 6.49. The molecule has 1 aliphatic heterocycles. The molecule has 2 heterocycles. The second-order valence-electron chi connectivity index (χ2n) is 7.33. The Morgan fingerprint density at radius 2 is 1.85 bits per heavy atom. The highest BCUT2D eigenvalue weighted by molar-refractivity contribution is 8.22. The summed E-state index contributed by atoms with van der Waals surface area (Å²) in [5, 5.41) is 3.18. The molecule has 3 rings (SSSR count). The molecule has 0 aliphatic carbocycles. The molecule has 144 valence electrons. The van der Waals surface area contributed by atoms with Gasteiger partial charge >= 0.3 is 0 Å². The molecule has 1 fully saturated rings. The molecule has 1 aromatic carbocycles. The van der Waals surface area contributed by atoms with Crippen molar-refractivity contribution in [1.29, 1.82) is 0 Å². The van der Waals surface area contributed by atoms with Gasteiger partial charge in [0.15, 0.2) is 0 Å². The van der Waals surface area contributed by atoms with E-state index in [0.29, 0.717) is 29.4 Å². The predicted octanol–water partition coefficient (Wildman–Crippen LogP) is 4.00. The number of hydrogen-bond donors (Lipinski definition) is 2. The van der Waals surface area contributed by atoms with E-state index < -0.39 is 0 Å². The average molecular weight is 403 g/mol. The number of nitrogens with zero attached hydrogens (tertiary/aromatic N) is 4. The molecular formula is C19H26N6S2. The molecule has 0 spiro atoms. The number of thioether (sulfide) groups is 1. The molecule has 0 saturated carbocycles. The topological polar surface area (TPSA) is 80.0 Å². The van der Waals surface area contributed by atoms with Crippen LogP contribution in [0, 0.1) is 18.8 Å². The van der Waals surface area contributed by atoms with Crippen molar-refractivity contribution in [2.75, 3.05) is 24.1 Å². The summed E-state index contributed by atoms with van der Waals surface area (Å²) in [7, 11) is 0. The van der Waals surface area contributed by atoms with Crippen LogP contribution in [0.2, 0.25) is 0 Å². The lowest BCUT2D eigenvalue weighted by molar-refractivity contribution is 0.219. The third-order valence-electron chi connectivity index (χ3n) is 4.46. The second-order valence-corrected chi connectivity index (χ2v) is 8.94. The zero-order valence-electron chi connectivity index (χ0n) is 16.0. The fraction of sp³-hybridized carbons (Fsp3) is 0.474. The lowest BCUT2D eigenvalue weighted by Crippen LogP contribution is -2.40. The van der Waals surface area contributed by atoms with Crippen molar-refractivity contribution in [2.45, 2.75) is 32.9 Å². The van der Waals surface area contributed by atoms with Gasteiger partial charge in [0.05, 0.1) is 5.75 Å². The van der Waals surface area contributed by atoms with Crippen LogP contribution in [0.25, 0.3) is 0 Å². The molecule has 6 nitrogen and oxygen atoms in total. The number of likely N-dealkylation sites (tertiary alicyclic amines) is 1. The van der Waals surface area contributed by atoms with E-state index in [1.54, 1.807) is 11.8 Å². The van der Waals surface area contributed by atoms with E-state index in [9.17, 15) is 0 Å². The van der Waals surface area contributed by atoms with Crippen LogP contribution in [-0.4, -0.2) is 37.3 Å². The fourth-order valence-electron chi connectivity index (χ4n) is 3.35. The molecule has 2 atom stereocenters. The zero-order valence-corrected chi connectivity index (χ0v) is 17.6. The first-order chi connectivity index (χ1) is 12.9. The number of thiocarbonyl (C=S) groups is 1. The van der Waals surface area contributed by atoms with Crippen LogP contribution in [0.3, 0.4) is 0 Å². The minimum atomic E-state index is 0.210. The first kappa shape index (κ1) is 19.8. The minimum Gasteiger partial charge on any atom is -0.368 e. The Balaban J connectivity index is 1.62. The number of rotatable bonds is 4. The predicted molar refractivity (Wildman–Crippen MR) is 117 cm³/mol. The molecule has 27 heavy (non-hydrogen) atoms. The maximum absolute atomic E-state index is 5.87. The number of aromatic nitrogens is 3. The summed E-state index contributed by atoms with van der Waals surface area (Å²) in [6, 6.07) is 8.03. The van der Waals surface area contributed by atoms with Crippen LogP contribution in [0.1, 0.15) is 31.7 Å². The number of piperidine rings is 1. The summed E-state index contributed by atoms with van der Waals surface area (Å²) < 4.78 is 0.903. The van der Waals surface area contributed by atoms with Crippen molar-refractivity contribution in [1.82, 2.24) is 19.9 Å². The third kappa shape index (κ3) is 5.77. The molecule has 0 unspecified atom stereocenters. The number of anilines is 3. The van der Waals surface area contributed by atoms with Gasteiger partial charge in [-0.2, -0.15) is 15.0 Å². The largest absolute Gasteiger partial charge is 0.368 e. The Bertz CT molecular complexity index is 785. The zero-order chi connectivity index (χ0) is 19.4. The Morgan fingerprint density at radius 3 is 2.52 bits per heavy atom. The summed E-state index contributed by atoms with van der Waals surface area (Å²) in [6.07, 6.45) is 1.27. The van der Waals surface area contributed by atoms with Gasteiger partial charge in [-0.1, -0.05) is 55.5 Å². The second kappa shape index (κ2) is 8.84. The highest BCUT2D eigenvalue weighted by Crippen LogP contribution is 2.25. The van der Waals surface area contributed by atoms with E-state index in [2.05, 4.69) is 39.0 Å². The molecule has 2 aromatic rings. The monoisotopic (exact) mass is 402 g/mol. The molecule has 1 saturated heterocycles. The molecule has 0 amide bonds. The molecule has 1 aliphatic rings. The minimum absolute atomic E-state index is 0.210. The summed E-state index contributed by atoms with van der Waals surface area (Å²) >= 11 is 7.22. The lowest BCUT2D eigenvalue weighted by atomic mass is 9.92. The highest BCUT2D eigenvalue weighted by atomic mass is 32.2. The number of nitrogen functional groups attached to an aromatic ring is 1. The number of benzene rings is 1. The van der Waals surface area contributed by atoms with E-state index in [-0.39, 0.29) is 5.95 Å². The number of hydrogen-bond acceptors (Lipinski definition) is 7. The maximum atomic E-state index is 5.87. The SMILES string of the molecule is Cc1ccc(Nc2nc(N)nc(CSC(=S)N3C[C@H](C)C[C@H](C)C3)n2)cc1. The Morgan fingerprint density at radius 1 is 1.19 bits per heavy atom. The summed E-state index contributed by atoms with van der Waals surface area (Å²) in [6.45, 7) is 8.66. The fourth-order valence-corrected chi connectivity index (χ4v) is 4.39. The molecule has 0 radical (unpaired) electrons. The van der Waals surface area contributed by atoms with Crippen LogP contribution in [0.15, 0.2) is 24.3 Å². The van der Waals surface area contributed by atoms with Gasteiger partial charge in [0, 0.05) is 18.8 Å². The number of nitrogens with one attached hydrogen (secondary N) is 1. The number of nitrogens with two attached hydrogens (primary N) is 1. The van der Waals surface area contributed by atoms with Crippen LogP contribution in [-0.2, 0) is 5.75 Å². The van der Waals surface area contributed by atoms with E-state index in [1.807, 2.05) is 31.2 Å². The van der Waals surface area contributed by atoms with Crippen molar-refractivity contribution < 1.29 is 0 Å². The van der Waals surface area contributed by atoms with Gasteiger partial charge in [-0.25, -0.2) is 0 Å². The van der Waals surface area contributed by atoms with Gasteiger partial charge in [-0.15, -0.1) is 0 Å². The van der Waals surface area contributed by atoms with Crippen molar-refractivity contribution in [3.63, 3.8) is 0 Å². The van der Waals surface area contributed by atoms with Crippen molar-refractivity contribution in [2.24, 2.45) is 11.8 Å². The quantitative estimate of drug-likeness (QED) is 0.743. The highest BCUT2D eigenvalue weighted by Gasteiger charge is 2.23. The van der Waals surface area contributed by atoms with Crippen LogP contribution < -0.4 is 11.1 Å². The third-order valence-corrected chi connectivity index (χ3v) is 5.98. The normalized spacial score (nSPS) is 19.7. The van der Waals surface area contributed by atoms with Gasteiger partial charge in [0.2, 0.25) is 11.9 Å². The maximum Gasteiger partial charge on any atom is 0.232 e. The lowest BCUT2D eigenvalue weighted by Gasteiger charge is -2.36. The standard InChI is InChI=1S/C19H26N6S2/c1-12-4-6-15(7-5-12)21-18-23-16(22-17(20)24-18)11-27-19(26)25-9-13(2)8-14(3)10-25/h4-7,13-14H,8-11H2,1-3H3,(H3,20,21,22,23,24)/t13-,14+. The van der Waals surface area contributed by atoms with E-state index in [4.69, 9.17) is 18.0 Å². The van der Waals surface area contributed by atoms with Crippen molar-refractivity contribution in [3.05, 3.63) is 35.7 Å². The summed E-state index contributed by atoms with van der Waals surface area (Å²) in [4.78, 5) is 15.2. The van der Waals surface area contributed by atoms with E-state index >= 15 is 0 Å². The smallest absolute Gasteiger partial charge is 0.232 e. The molecule has 3 N–H and O–H groups in total. The average Bonchev–Trinajstić information content (AvgIpc) is 2.60. The van der Waals surface area contributed by atoms with Gasteiger partial charge in [0.25, 0.3) is 0 Å². The number of aryl methyl sites for hydroxylation is 1. The van der Waals surface area contributed by atoms with Crippen molar-refractivity contribution >= 4 is 45.9 Å². The van der Waals surface area contributed by atoms with Gasteiger partial charge in [-0.3, -0.25) is 0 Å². The van der Waals surface area contributed by atoms with Crippen molar-refractivity contribution in [3.8, 4) is 0 Å². The van der Waals surface area contributed by atoms with Gasteiger partial charge in [-0.05, 0) is 37.3 Å². The van der Waals surface area contributed by atoms with Crippen LogP contribution in [0.5, 0.6) is 0 Å². The van der Waals surface area contributed by atoms with Crippen LogP contribution in [0.4, 0.5) is 17.6 Å². The molecule has 8 heteroatoms.